The van der Waals surface area contributed by atoms with Crippen molar-refractivity contribution in [2.45, 2.75) is 45.7 Å². The first kappa shape index (κ1) is 16.2. The number of fused-ring (bicyclic) bond motifs is 1. The number of aliphatic hydroxyl groups excluding tert-OH is 1. The molecular formula is C19H27N3O. The van der Waals surface area contributed by atoms with Gasteiger partial charge in [0, 0.05) is 31.4 Å². The lowest BCUT2D eigenvalue weighted by molar-refractivity contribution is 0.107. The smallest absolute Gasteiger partial charge is 0.0669 e. The minimum atomic E-state index is 0.0922. The van der Waals surface area contributed by atoms with Gasteiger partial charge in [-0.1, -0.05) is 38.1 Å². The second kappa shape index (κ2) is 6.85. The van der Waals surface area contributed by atoms with E-state index in [1.54, 1.807) is 0 Å². The molecule has 0 fully saturated rings. The molecule has 0 bridgehead atoms. The normalized spacial score (nSPS) is 18.2. The fourth-order valence-electron chi connectivity index (χ4n) is 3.88. The maximum Gasteiger partial charge on any atom is 0.0669 e. The van der Waals surface area contributed by atoms with Crippen molar-refractivity contribution in [2.24, 2.45) is 7.05 Å². The van der Waals surface area contributed by atoms with E-state index in [4.69, 9.17) is 0 Å². The number of hydrogen-bond donors (Lipinski definition) is 1. The summed E-state index contributed by atoms with van der Waals surface area (Å²) in [6, 6.07) is 8.61. The standard InChI is InChI=1S/C19H27N3O/c1-4-17-16(18(5-2)21(3)20-17)12-22-11-10-14-8-6-7-9-15(14)19(22)13-23/h6-9,19,23H,4-5,10-13H2,1-3H3. The summed E-state index contributed by atoms with van der Waals surface area (Å²) >= 11 is 0. The predicted molar refractivity (Wildman–Crippen MR) is 92.3 cm³/mol. The van der Waals surface area contributed by atoms with Crippen molar-refractivity contribution >= 4 is 0 Å². The number of nitrogens with zero attached hydrogens (tertiary/aromatic N) is 3. The van der Waals surface area contributed by atoms with E-state index in [2.05, 4.69) is 48.1 Å². The van der Waals surface area contributed by atoms with Crippen LogP contribution in [0.4, 0.5) is 0 Å². The Labute approximate surface area is 138 Å². The fourth-order valence-corrected chi connectivity index (χ4v) is 3.88. The maximum absolute atomic E-state index is 9.98. The molecule has 1 aliphatic heterocycles. The predicted octanol–water partition coefficient (Wildman–Crippen LogP) is 2.64. The van der Waals surface area contributed by atoms with Crippen molar-refractivity contribution in [3.63, 3.8) is 0 Å². The second-order valence-corrected chi connectivity index (χ2v) is 6.32. The minimum Gasteiger partial charge on any atom is -0.394 e. The van der Waals surface area contributed by atoms with Gasteiger partial charge in [0.25, 0.3) is 0 Å². The molecule has 1 N–H and O–H groups in total. The van der Waals surface area contributed by atoms with Crippen LogP contribution in [0.25, 0.3) is 0 Å². The lowest BCUT2D eigenvalue weighted by Gasteiger charge is -2.36. The Morgan fingerprint density at radius 2 is 2.00 bits per heavy atom. The van der Waals surface area contributed by atoms with Crippen LogP contribution >= 0.6 is 0 Å². The molecule has 1 unspecified atom stereocenters. The summed E-state index contributed by atoms with van der Waals surface area (Å²) in [6.45, 7) is 6.39. The third-order valence-corrected chi connectivity index (χ3v) is 5.09. The molecule has 1 aliphatic rings. The SMILES string of the molecule is CCc1nn(C)c(CC)c1CN1CCc2ccccc2C1CO. The van der Waals surface area contributed by atoms with Gasteiger partial charge in [0.05, 0.1) is 18.3 Å². The third-order valence-electron chi connectivity index (χ3n) is 5.09. The molecule has 1 aromatic carbocycles. The highest BCUT2D eigenvalue weighted by atomic mass is 16.3. The van der Waals surface area contributed by atoms with E-state index >= 15 is 0 Å². The summed E-state index contributed by atoms with van der Waals surface area (Å²) in [5.41, 5.74) is 6.52. The fraction of sp³-hybridized carbons (Fsp3) is 0.526. The molecule has 1 atom stereocenters. The van der Waals surface area contributed by atoms with Gasteiger partial charge < -0.3 is 5.11 Å². The Hall–Kier alpha value is -1.65. The van der Waals surface area contributed by atoms with Crippen molar-refractivity contribution in [2.75, 3.05) is 13.2 Å². The van der Waals surface area contributed by atoms with E-state index in [9.17, 15) is 5.11 Å². The van der Waals surface area contributed by atoms with E-state index < -0.39 is 0 Å². The van der Waals surface area contributed by atoms with Crippen LogP contribution < -0.4 is 0 Å². The molecule has 4 heteroatoms. The minimum absolute atomic E-state index is 0.0922. The Morgan fingerprint density at radius 3 is 2.70 bits per heavy atom. The Kier molecular flexibility index (Phi) is 4.83. The average molecular weight is 313 g/mol. The molecular weight excluding hydrogens is 286 g/mol. The molecule has 4 nitrogen and oxygen atoms in total. The van der Waals surface area contributed by atoms with Crippen LogP contribution in [0.1, 0.15) is 48.0 Å². The number of benzene rings is 1. The summed E-state index contributed by atoms with van der Waals surface area (Å²) in [5.74, 6) is 0. The van der Waals surface area contributed by atoms with Crippen LogP contribution in [0.15, 0.2) is 24.3 Å². The number of hydrogen-bond acceptors (Lipinski definition) is 3. The lowest BCUT2D eigenvalue weighted by atomic mass is 9.92. The molecule has 0 aliphatic carbocycles. The molecule has 3 rings (SSSR count). The summed E-state index contributed by atoms with van der Waals surface area (Å²) < 4.78 is 2.03. The van der Waals surface area contributed by atoms with Crippen LogP contribution in [0.5, 0.6) is 0 Å². The van der Waals surface area contributed by atoms with Crippen molar-refractivity contribution in [1.82, 2.24) is 14.7 Å². The largest absolute Gasteiger partial charge is 0.394 e. The molecule has 0 radical (unpaired) electrons. The van der Waals surface area contributed by atoms with Gasteiger partial charge in [-0.25, -0.2) is 0 Å². The quantitative estimate of drug-likeness (QED) is 0.922. The molecule has 0 amide bonds. The molecule has 1 aromatic heterocycles. The monoisotopic (exact) mass is 313 g/mol. The molecule has 0 spiro atoms. The molecule has 124 valence electrons. The molecule has 2 heterocycles. The zero-order valence-corrected chi connectivity index (χ0v) is 14.4. The van der Waals surface area contributed by atoms with Crippen molar-refractivity contribution < 1.29 is 5.11 Å². The highest BCUT2D eigenvalue weighted by Crippen LogP contribution is 2.31. The van der Waals surface area contributed by atoms with Crippen LogP contribution in [0.3, 0.4) is 0 Å². The topological polar surface area (TPSA) is 41.3 Å². The van der Waals surface area contributed by atoms with E-state index in [1.807, 2.05) is 11.7 Å². The van der Waals surface area contributed by atoms with Gasteiger partial charge in [-0.15, -0.1) is 0 Å². The van der Waals surface area contributed by atoms with Crippen molar-refractivity contribution in [1.29, 1.82) is 0 Å². The van der Waals surface area contributed by atoms with E-state index in [-0.39, 0.29) is 12.6 Å². The zero-order valence-electron chi connectivity index (χ0n) is 14.4. The van der Waals surface area contributed by atoms with Gasteiger partial charge in [-0.05, 0) is 30.4 Å². The number of aliphatic hydroxyl groups is 1. The van der Waals surface area contributed by atoms with Crippen LogP contribution in [0.2, 0.25) is 0 Å². The van der Waals surface area contributed by atoms with Crippen LogP contribution in [-0.2, 0) is 32.9 Å². The van der Waals surface area contributed by atoms with Gasteiger partial charge in [-0.2, -0.15) is 5.10 Å². The van der Waals surface area contributed by atoms with Gasteiger partial charge in [0.15, 0.2) is 0 Å². The van der Waals surface area contributed by atoms with Crippen molar-refractivity contribution in [3.8, 4) is 0 Å². The molecule has 0 saturated heterocycles. The summed E-state index contributed by atoms with van der Waals surface area (Å²) in [7, 11) is 2.04. The van der Waals surface area contributed by atoms with Gasteiger partial charge in [-0.3, -0.25) is 9.58 Å². The number of aryl methyl sites for hydroxylation is 2. The van der Waals surface area contributed by atoms with E-state index in [0.717, 1.165) is 32.4 Å². The highest BCUT2D eigenvalue weighted by Gasteiger charge is 2.28. The Balaban J connectivity index is 1.92. The average Bonchev–Trinajstić information content (AvgIpc) is 2.89. The summed E-state index contributed by atoms with van der Waals surface area (Å²) in [5, 5.41) is 14.7. The van der Waals surface area contributed by atoms with Gasteiger partial charge >= 0.3 is 0 Å². The first-order valence-corrected chi connectivity index (χ1v) is 8.65. The lowest BCUT2D eigenvalue weighted by Crippen LogP contribution is -2.37. The summed E-state index contributed by atoms with van der Waals surface area (Å²) in [6.07, 6.45) is 3.00. The van der Waals surface area contributed by atoms with Crippen LogP contribution in [-0.4, -0.2) is 32.9 Å². The summed E-state index contributed by atoms with van der Waals surface area (Å²) in [4.78, 5) is 2.41. The van der Waals surface area contributed by atoms with Crippen molar-refractivity contribution in [3.05, 3.63) is 52.3 Å². The molecule has 23 heavy (non-hydrogen) atoms. The molecule has 2 aromatic rings. The Morgan fingerprint density at radius 1 is 1.22 bits per heavy atom. The first-order chi connectivity index (χ1) is 11.2. The Bertz CT molecular complexity index is 677. The third kappa shape index (κ3) is 2.93. The second-order valence-electron chi connectivity index (χ2n) is 6.32. The first-order valence-electron chi connectivity index (χ1n) is 8.65. The highest BCUT2D eigenvalue weighted by molar-refractivity contribution is 5.34. The van der Waals surface area contributed by atoms with E-state index in [1.165, 1.54) is 28.1 Å². The van der Waals surface area contributed by atoms with Gasteiger partial charge in [0.1, 0.15) is 0 Å². The van der Waals surface area contributed by atoms with Gasteiger partial charge in [0.2, 0.25) is 0 Å². The molecule has 0 saturated carbocycles. The van der Waals surface area contributed by atoms with E-state index in [0.29, 0.717) is 0 Å². The maximum atomic E-state index is 9.98. The number of aromatic nitrogens is 2. The van der Waals surface area contributed by atoms with Crippen LogP contribution in [0, 0.1) is 0 Å². The zero-order chi connectivity index (χ0) is 16.4. The number of rotatable bonds is 5.